The van der Waals surface area contributed by atoms with E-state index in [1.54, 1.807) is 0 Å². The van der Waals surface area contributed by atoms with Crippen LogP contribution in [0, 0.1) is 10.8 Å². The molecule has 168 valence electrons. The summed E-state index contributed by atoms with van der Waals surface area (Å²) in [4.78, 5) is 23.6. The summed E-state index contributed by atoms with van der Waals surface area (Å²) >= 11 is 0. The molecule has 2 aliphatic rings. The number of esters is 2. The van der Waals surface area contributed by atoms with Gasteiger partial charge in [0.25, 0.3) is 0 Å². The van der Waals surface area contributed by atoms with Crippen molar-refractivity contribution in [2.75, 3.05) is 6.61 Å². The Morgan fingerprint density at radius 1 is 1.03 bits per heavy atom. The number of allylic oxidation sites excluding steroid dienone is 1. The van der Waals surface area contributed by atoms with Gasteiger partial charge in [0.2, 0.25) is 6.29 Å². The Hall–Kier alpha value is -1.36. The lowest BCUT2D eigenvalue weighted by atomic mass is 9.89. The highest BCUT2D eigenvalue weighted by molar-refractivity contribution is 5.76. The quantitative estimate of drug-likeness (QED) is 0.383. The van der Waals surface area contributed by atoms with Gasteiger partial charge in [0.1, 0.15) is 5.60 Å². The van der Waals surface area contributed by atoms with Gasteiger partial charge >= 0.3 is 11.9 Å². The van der Waals surface area contributed by atoms with E-state index in [0.29, 0.717) is 6.61 Å². The Balaban J connectivity index is 0.000000291. The molecule has 1 fully saturated rings. The second-order valence-electron chi connectivity index (χ2n) is 9.43. The molecule has 2 rings (SSSR count). The lowest BCUT2D eigenvalue weighted by Gasteiger charge is -2.31. The van der Waals surface area contributed by atoms with Crippen LogP contribution in [0.4, 0.5) is 0 Å². The zero-order valence-electron chi connectivity index (χ0n) is 19.6. The van der Waals surface area contributed by atoms with Gasteiger partial charge in [0.15, 0.2) is 0 Å². The Labute approximate surface area is 177 Å². The second kappa shape index (κ2) is 11.1. The summed E-state index contributed by atoms with van der Waals surface area (Å²) in [7, 11) is 0. The van der Waals surface area contributed by atoms with Crippen LogP contribution in [-0.2, 0) is 23.8 Å². The smallest absolute Gasteiger partial charge is 0.313 e. The van der Waals surface area contributed by atoms with Crippen LogP contribution in [0.5, 0.6) is 0 Å². The number of rotatable bonds is 7. The Bertz CT molecular complexity index is 558. The fourth-order valence-corrected chi connectivity index (χ4v) is 2.86. The number of carbonyl (C=O) groups is 2. The molecule has 2 unspecified atom stereocenters. The maximum absolute atomic E-state index is 12.0. The van der Waals surface area contributed by atoms with Crippen molar-refractivity contribution in [1.29, 1.82) is 0 Å². The fraction of sp³-hybridized carbons (Fsp3) is 0.833. The van der Waals surface area contributed by atoms with Crippen LogP contribution in [-0.4, -0.2) is 30.4 Å². The molecule has 0 aromatic heterocycles. The monoisotopic (exact) mass is 410 g/mol. The third kappa shape index (κ3) is 7.76. The summed E-state index contributed by atoms with van der Waals surface area (Å²) in [6.45, 7) is 14.5. The van der Waals surface area contributed by atoms with E-state index in [9.17, 15) is 9.59 Å². The summed E-state index contributed by atoms with van der Waals surface area (Å²) in [5, 5.41) is 0. The van der Waals surface area contributed by atoms with Crippen molar-refractivity contribution < 1.29 is 23.8 Å². The van der Waals surface area contributed by atoms with Crippen molar-refractivity contribution in [3.05, 3.63) is 12.2 Å². The first kappa shape index (κ1) is 25.7. The average molecular weight is 411 g/mol. The molecule has 0 aromatic carbocycles. The number of hydrogen-bond acceptors (Lipinski definition) is 5. The molecule has 0 bridgehead atoms. The van der Waals surface area contributed by atoms with E-state index in [2.05, 4.69) is 19.1 Å². The van der Waals surface area contributed by atoms with Gasteiger partial charge in [0.05, 0.1) is 17.4 Å². The van der Waals surface area contributed by atoms with Gasteiger partial charge in [-0.3, -0.25) is 9.59 Å². The van der Waals surface area contributed by atoms with E-state index in [1.165, 1.54) is 0 Å². The molecule has 1 heterocycles. The molecule has 1 saturated heterocycles. The summed E-state index contributed by atoms with van der Waals surface area (Å²) in [6, 6.07) is 0. The molecule has 0 amide bonds. The molecule has 0 aromatic rings. The van der Waals surface area contributed by atoms with Gasteiger partial charge in [-0.1, -0.05) is 26.8 Å². The Morgan fingerprint density at radius 2 is 1.66 bits per heavy atom. The minimum absolute atomic E-state index is 0.0709. The highest BCUT2D eigenvalue weighted by atomic mass is 16.7. The van der Waals surface area contributed by atoms with Gasteiger partial charge < -0.3 is 14.2 Å². The topological polar surface area (TPSA) is 61.8 Å². The van der Waals surface area contributed by atoms with Gasteiger partial charge in [-0.25, -0.2) is 0 Å². The maximum atomic E-state index is 12.0. The van der Waals surface area contributed by atoms with Crippen LogP contribution in [0.2, 0.25) is 0 Å². The van der Waals surface area contributed by atoms with Crippen LogP contribution in [0.1, 0.15) is 99.8 Å². The molecule has 0 saturated carbocycles. The maximum Gasteiger partial charge on any atom is 0.313 e. The van der Waals surface area contributed by atoms with Crippen molar-refractivity contribution >= 4 is 11.9 Å². The Kier molecular flexibility index (Phi) is 9.87. The predicted octanol–water partition coefficient (Wildman–Crippen LogP) is 5.96. The standard InChI is InChI=1S/C13H22O2.C11H20O3/c1-5-12(3,4)11(14)15-13(6-2)9-7-8-10-13;1-4-11(2,3)10(12)14-9-7-5-6-8-13-9/h7,9H,5-6,8,10H2,1-4H3;9H,4-8H2,1-3H3. The Morgan fingerprint density at radius 3 is 2.10 bits per heavy atom. The van der Waals surface area contributed by atoms with Crippen LogP contribution in [0.25, 0.3) is 0 Å². The van der Waals surface area contributed by atoms with Crippen LogP contribution >= 0.6 is 0 Å². The van der Waals surface area contributed by atoms with Gasteiger partial charge in [-0.15, -0.1) is 0 Å². The number of carbonyl (C=O) groups excluding carboxylic acids is 2. The van der Waals surface area contributed by atoms with E-state index < -0.39 is 0 Å². The van der Waals surface area contributed by atoms with Crippen molar-refractivity contribution in [3.8, 4) is 0 Å². The first-order valence-electron chi connectivity index (χ1n) is 11.3. The molecule has 1 aliphatic carbocycles. The third-order valence-electron chi connectivity index (χ3n) is 6.30. The summed E-state index contributed by atoms with van der Waals surface area (Å²) < 4.78 is 16.3. The summed E-state index contributed by atoms with van der Waals surface area (Å²) in [6.07, 6.45) is 11.3. The first-order chi connectivity index (χ1) is 13.5. The van der Waals surface area contributed by atoms with Gasteiger partial charge in [-0.2, -0.15) is 0 Å². The van der Waals surface area contributed by atoms with Crippen molar-refractivity contribution in [1.82, 2.24) is 0 Å². The van der Waals surface area contributed by atoms with Crippen LogP contribution < -0.4 is 0 Å². The van der Waals surface area contributed by atoms with E-state index in [1.807, 2.05) is 41.5 Å². The SMILES string of the molecule is CCC(C)(C)C(=O)OC1CCCCO1.CCC1(OC(=O)C(C)(C)CC)C=CCC1. The van der Waals surface area contributed by atoms with Gasteiger partial charge in [-0.05, 0) is 78.7 Å². The van der Waals surface area contributed by atoms with Crippen LogP contribution in [0.15, 0.2) is 12.2 Å². The third-order valence-corrected chi connectivity index (χ3v) is 6.30. The molecule has 29 heavy (non-hydrogen) atoms. The molecular formula is C24H42O5. The van der Waals surface area contributed by atoms with Gasteiger partial charge in [0, 0.05) is 6.42 Å². The van der Waals surface area contributed by atoms with Crippen molar-refractivity contribution in [3.63, 3.8) is 0 Å². The van der Waals surface area contributed by atoms with E-state index >= 15 is 0 Å². The minimum atomic E-state index is -0.388. The normalized spacial score (nSPS) is 24.4. The predicted molar refractivity (Wildman–Crippen MR) is 115 cm³/mol. The molecule has 1 aliphatic heterocycles. The lowest BCUT2D eigenvalue weighted by molar-refractivity contribution is -0.196. The number of hydrogen-bond donors (Lipinski definition) is 0. The molecule has 5 nitrogen and oxygen atoms in total. The molecular weight excluding hydrogens is 368 g/mol. The lowest BCUT2D eigenvalue weighted by Crippen LogP contribution is -2.36. The highest BCUT2D eigenvalue weighted by Gasteiger charge is 2.37. The second-order valence-corrected chi connectivity index (χ2v) is 9.43. The van der Waals surface area contributed by atoms with Crippen molar-refractivity contribution in [2.24, 2.45) is 10.8 Å². The van der Waals surface area contributed by atoms with E-state index in [4.69, 9.17) is 14.2 Å². The molecule has 0 spiro atoms. The zero-order chi connectivity index (χ0) is 22.1. The highest BCUT2D eigenvalue weighted by Crippen LogP contribution is 2.33. The zero-order valence-corrected chi connectivity index (χ0v) is 19.6. The van der Waals surface area contributed by atoms with E-state index in [-0.39, 0.29) is 34.7 Å². The molecule has 5 heteroatoms. The molecule has 0 N–H and O–H groups in total. The first-order valence-corrected chi connectivity index (χ1v) is 11.3. The minimum Gasteiger partial charge on any atom is -0.454 e. The van der Waals surface area contributed by atoms with E-state index in [0.717, 1.165) is 51.4 Å². The number of ether oxygens (including phenoxy) is 3. The largest absolute Gasteiger partial charge is 0.454 e. The summed E-state index contributed by atoms with van der Waals surface area (Å²) in [5.74, 6) is -0.217. The van der Waals surface area contributed by atoms with Crippen molar-refractivity contribution in [2.45, 2.75) is 112 Å². The molecule has 2 atom stereocenters. The summed E-state index contributed by atoms with van der Waals surface area (Å²) in [5.41, 5.74) is -1.07. The molecule has 0 radical (unpaired) electrons. The fourth-order valence-electron chi connectivity index (χ4n) is 2.86. The average Bonchev–Trinajstić information content (AvgIpc) is 3.18. The van der Waals surface area contributed by atoms with Crippen LogP contribution in [0.3, 0.4) is 0 Å².